The molecule has 1 aliphatic heterocycles. The van der Waals surface area contributed by atoms with Crippen LogP contribution in [0.5, 0.6) is 5.75 Å². The van der Waals surface area contributed by atoms with Gasteiger partial charge in [0.05, 0.1) is 26.2 Å². The number of hydrogen-bond donors (Lipinski definition) is 2. The number of aliphatic carboxylic acids is 1. The normalized spacial score (nSPS) is 19.4. The Balaban J connectivity index is 1.99. The van der Waals surface area contributed by atoms with Crippen molar-refractivity contribution in [2.24, 2.45) is 0 Å². The van der Waals surface area contributed by atoms with Gasteiger partial charge < -0.3 is 19.7 Å². The summed E-state index contributed by atoms with van der Waals surface area (Å²) in [5.41, 5.74) is 1.06. The van der Waals surface area contributed by atoms with E-state index < -0.39 is 5.97 Å². The van der Waals surface area contributed by atoms with Crippen LogP contribution in [0.1, 0.15) is 12.0 Å². The molecular formula is C15H21NO5. The number of carboxylic acid groups (broad SMARTS) is 1. The molecule has 1 aromatic carbocycles. The number of morpholine rings is 1. The Kier molecular flexibility index (Phi) is 5.98. The molecular weight excluding hydrogens is 274 g/mol. The van der Waals surface area contributed by atoms with E-state index in [9.17, 15) is 4.79 Å². The van der Waals surface area contributed by atoms with Crippen LogP contribution in [0.2, 0.25) is 0 Å². The van der Waals surface area contributed by atoms with Gasteiger partial charge in [0.15, 0.2) is 0 Å². The molecule has 0 radical (unpaired) electrons. The van der Waals surface area contributed by atoms with E-state index in [1.165, 1.54) is 0 Å². The minimum Gasteiger partial charge on any atom is -0.491 e. The molecule has 1 heterocycles. The average molecular weight is 295 g/mol. The van der Waals surface area contributed by atoms with E-state index in [1.54, 1.807) is 0 Å². The van der Waals surface area contributed by atoms with Crippen molar-refractivity contribution in [3.05, 3.63) is 29.8 Å². The largest absolute Gasteiger partial charge is 0.491 e. The summed E-state index contributed by atoms with van der Waals surface area (Å²) in [6.45, 7) is 2.71. The number of nitrogens with zero attached hydrogens (tertiary/aromatic N) is 1. The van der Waals surface area contributed by atoms with Crippen molar-refractivity contribution in [1.82, 2.24) is 4.90 Å². The SMILES string of the molecule is O=C(O)CC1COCCN1Cc1cccc(OCCO)c1. The van der Waals surface area contributed by atoms with Crippen LogP contribution in [0.3, 0.4) is 0 Å². The lowest BCUT2D eigenvalue weighted by Gasteiger charge is -2.34. The minimum absolute atomic E-state index is 0.0195. The first-order chi connectivity index (χ1) is 10.2. The molecule has 1 aromatic rings. The van der Waals surface area contributed by atoms with Crippen LogP contribution in [0.4, 0.5) is 0 Å². The van der Waals surface area contributed by atoms with Crippen molar-refractivity contribution in [3.63, 3.8) is 0 Å². The number of carboxylic acids is 1. The van der Waals surface area contributed by atoms with Gasteiger partial charge in [0.1, 0.15) is 12.4 Å². The number of ether oxygens (including phenoxy) is 2. The van der Waals surface area contributed by atoms with Gasteiger partial charge in [-0.1, -0.05) is 12.1 Å². The molecule has 1 fully saturated rings. The predicted octanol–water partition coefficient (Wildman–Crippen LogP) is 0.733. The lowest BCUT2D eigenvalue weighted by molar-refractivity contribution is -0.140. The number of hydrogen-bond acceptors (Lipinski definition) is 5. The zero-order chi connectivity index (χ0) is 15.1. The second-order valence-electron chi connectivity index (χ2n) is 5.02. The van der Waals surface area contributed by atoms with Crippen molar-refractivity contribution in [3.8, 4) is 5.75 Å². The molecule has 0 spiro atoms. The maximum atomic E-state index is 10.9. The van der Waals surface area contributed by atoms with E-state index in [0.717, 1.165) is 12.1 Å². The Morgan fingerprint density at radius 1 is 1.48 bits per heavy atom. The summed E-state index contributed by atoms with van der Waals surface area (Å²) in [5, 5.41) is 17.7. The van der Waals surface area contributed by atoms with Crippen LogP contribution in [-0.2, 0) is 16.1 Å². The highest BCUT2D eigenvalue weighted by Crippen LogP contribution is 2.18. The zero-order valence-electron chi connectivity index (χ0n) is 11.9. The third-order valence-electron chi connectivity index (χ3n) is 3.40. The van der Waals surface area contributed by atoms with Crippen molar-refractivity contribution in [2.45, 2.75) is 19.0 Å². The molecule has 0 amide bonds. The van der Waals surface area contributed by atoms with Crippen LogP contribution in [0, 0.1) is 0 Å². The lowest BCUT2D eigenvalue weighted by Crippen LogP contribution is -2.45. The Hall–Kier alpha value is -1.63. The summed E-state index contributed by atoms with van der Waals surface area (Å²) in [6, 6.07) is 7.54. The van der Waals surface area contributed by atoms with Gasteiger partial charge in [0.25, 0.3) is 0 Å². The second-order valence-corrected chi connectivity index (χ2v) is 5.02. The fourth-order valence-corrected chi connectivity index (χ4v) is 2.42. The lowest BCUT2D eigenvalue weighted by atomic mass is 10.1. The van der Waals surface area contributed by atoms with Gasteiger partial charge in [-0.05, 0) is 17.7 Å². The molecule has 6 heteroatoms. The van der Waals surface area contributed by atoms with Gasteiger partial charge in [0.2, 0.25) is 0 Å². The molecule has 1 atom stereocenters. The van der Waals surface area contributed by atoms with Gasteiger partial charge in [-0.15, -0.1) is 0 Å². The smallest absolute Gasteiger partial charge is 0.305 e. The summed E-state index contributed by atoms with van der Waals surface area (Å²) < 4.78 is 10.8. The highest BCUT2D eigenvalue weighted by molar-refractivity contribution is 5.67. The fraction of sp³-hybridized carbons (Fsp3) is 0.533. The van der Waals surface area contributed by atoms with E-state index in [4.69, 9.17) is 19.7 Å². The van der Waals surface area contributed by atoms with Gasteiger partial charge >= 0.3 is 5.97 Å². The Labute approximate surface area is 123 Å². The highest BCUT2D eigenvalue weighted by atomic mass is 16.5. The maximum Gasteiger partial charge on any atom is 0.305 e. The number of benzene rings is 1. The summed E-state index contributed by atoms with van der Waals surface area (Å²) >= 11 is 0. The molecule has 1 saturated heterocycles. The van der Waals surface area contributed by atoms with Gasteiger partial charge in [-0.25, -0.2) is 0 Å². The topological polar surface area (TPSA) is 79.2 Å². The molecule has 0 aliphatic carbocycles. The van der Waals surface area contributed by atoms with Gasteiger partial charge in [-0.3, -0.25) is 9.69 Å². The average Bonchev–Trinajstić information content (AvgIpc) is 2.47. The standard InChI is InChI=1S/C15H21NO5/c17-5-7-21-14-3-1-2-12(8-14)10-16-4-6-20-11-13(16)9-15(18)19/h1-3,8,13,17H,4-7,9-11H2,(H,18,19). The Bertz CT molecular complexity index is 465. The molecule has 1 unspecified atom stereocenters. The first-order valence-corrected chi connectivity index (χ1v) is 7.05. The summed E-state index contributed by atoms with van der Waals surface area (Å²) in [5.74, 6) is -0.0971. The molecule has 6 nitrogen and oxygen atoms in total. The Morgan fingerprint density at radius 3 is 3.10 bits per heavy atom. The van der Waals surface area contributed by atoms with Crippen LogP contribution in [-0.4, -0.2) is 60.1 Å². The number of carbonyl (C=O) groups is 1. The number of rotatable bonds is 7. The Morgan fingerprint density at radius 2 is 2.33 bits per heavy atom. The van der Waals surface area contributed by atoms with E-state index >= 15 is 0 Å². The van der Waals surface area contributed by atoms with Crippen molar-refractivity contribution in [2.75, 3.05) is 33.0 Å². The molecule has 2 rings (SSSR count). The van der Waals surface area contributed by atoms with Crippen LogP contribution >= 0.6 is 0 Å². The summed E-state index contributed by atoms with van der Waals surface area (Å²) in [6.07, 6.45) is 0.0840. The monoisotopic (exact) mass is 295 g/mol. The molecule has 0 bridgehead atoms. The van der Waals surface area contributed by atoms with Crippen molar-refractivity contribution >= 4 is 5.97 Å². The van der Waals surface area contributed by atoms with Gasteiger partial charge in [0, 0.05) is 19.1 Å². The maximum absolute atomic E-state index is 10.9. The third kappa shape index (κ3) is 5.00. The summed E-state index contributed by atoms with van der Waals surface area (Å²) in [4.78, 5) is 13.0. The second kappa shape index (κ2) is 7.97. The first kappa shape index (κ1) is 15.8. The number of aliphatic hydroxyl groups excluding tert-OH is 1. The molecule has 0 saturated carbocycles. The zero-order valence-corrected chi connectivity index (χ0v) is 11.9. The minimum atomic E-state index is -0.810. The first-order valence-electron chi connectivity index (χ1n) is 7.05. The quantitative estimate of drug-likeness (QED) is 0.772. The summed E-state index contributed by atoms with van der Waals surface area (Å²) in [7, 11) is 0. The fourth-order valence-electron chi connectivity index (χ4n) is 2.42. The number of aliphatic hydroxyl groups is 1. The van der Waals surface area contributed by atoms with Crippen LogP contribution in [0.25, 0.3) is 0 Å². The molecule has 116 valence electrons. The molecule has 21 heavy (non-hydrogen) atoms. The van der Waals surface area contributed by atoms with Crippen molar-refractivity contribution in [1.29, 1.82) is 0 Å². The molecule has 0 aromatic heterocycles. The molecule has 2 N–H and O–H groups in total. The predicted molar refractivity (Wildman–Crippen MR) is 76.3 cm³/mol. The van der Waals surface area contributed by atoms with Crippen molar-refractivity contribution < 1.29 is 24.5 Å². The van der Waals surface area contributed by atoms with Crippen LogP contribution < -0.4 is 4.74 Å². The van der Waals surface area contributed by atoms with E-state index in [0.29, 0.717) is 25.5 Å². The van der Waals surface area contributed by atoms with E-state index in [1.807, 2.05) is 24.3 Å². The third-order valence-corrected chi connectivity index (χ3v) is 3.40. The highest BCUT2D eigenvalue weighted by Gasteiger charge is 2.25. The van der Waals surface area contributed by atoms with Crippen LogP contribution in [0.15, 0.2) is 24.3 Å². The van der Waals surface area contributed by atoms with E-state index in [2.05, 4.69) is 4.90 Å². The van der Waals surface area contributed by atoms with Gasteiger partial charge in [-0.2, -0.15) is 0 Å². The van der Waals surface area contributed by atoms with E-state index in [-0.39, 0.29) is 25.7 Å². The molecule has 1 aliphatic rings.